The highest BCUT2D eigenvalue weighted by atomic mass is 35.5. The van der Waals surface area contributed by atoms with Crippen LogP contribution in [0.5, 0.6) is 11.5 Å². The summed E-state index contributed by atoms with van der Waals surface area (Å²) >= 11 is 6.33. The molecular weight excluding hydrogens is 398 g/mol. The smallest absolute Gasteiger partial charge is 0.323 e. The molecule has 2 aromatic rings. The third kappa shape index (κ3) is 3.56. The fraction of sp³-hybridized carbons (Fsp3) is 0.190. The van der Waals surface area contributed by atoms with Gasteiger partial charge in [-0.1, -0.05) is 29.8 Å². The van der Waals surface area contributed by atoms with Crippen molar-refractivity contribution < 1.29 is 29.0 Å². The molecule has 0 fully saturated rings. The second-order valence-corrected chi connectivity index (χ2v) is 6.98. The summed E-state index contributed by atoms with van der Waals surface area (Å²) in [5.41, 5.74) is 1.47. The molecule has 148 valence electrons. The van der Waals surface area contributed by atoms with Crippen LogP contribution in [0.1, 0.15) is 27.9 Å². The molecule has 29 heavy (non-hydrogen) atoms. The number of rotatable bonds is 3. The van der Waals surface area contributed by atoms with Crippen LogP contribution in [0.25, 0.3) is 11.6 Å². The van der Waals surface area contributed by atoms with E-state index in [1.807, 2.05) is 0 Å². The SMILES string of the molecule is O=C(O)CN1C(=O)/C(=C\c2cc(Cl)c3c(c2)OCCCO3)c2ccccc2C1=O. The van der Waals surface area contributed by atoms with Crippen molar-refractivity contribution in [2.75, 3.05) is 19.8 Å². The van der Waals surface area contributed by atoms with E-state index >= 15 is 0 Å². The number of aliphatic carboxylic acids is 1. The average molecular weight is 414 g/mol. The van der Waals surface area contributed by atoms with E-state index < -0.39 is 24.3 Å². The molecule has 0 aromatic heterocycles. The topological polar surface area (TPSA) is 93.1 Å². The summed E-state index contributed by atoms with van der Waals surface area (Å²) in [7, 11) is 0. The monoisotopic (exact) mass is 413 g/mol. The lowest BCUT2D eigenvalue weighted by Crippen LogP contribution is -2.44. The van der Waals surface area contributed by atoms with Gasteiger partial charge in [0.25, 0.3) is 11.8 Å². The van der Waals surface area contributed by atoms with Gasteiger partial charge in [-0.15, -0.1) is 0 Å². The van der Waals surface area contributed by atoms with Gasteiger partial charge in [-0.2, -0.15) is 0 Å². The average Bonchev–Trinajstić information content (AvgIpc) is 2.94. The number of carboxylic acids is 1. The summed E-state index contributed by atoms with van der Waals surface area (Å²) < 4.78 is 11.3. The first-order valence-corrected chi connectivity index (χ1v) is 9.31. The molecule has 0 bridgehead atoms. The molecule has 7 nitrogen and oxygen atoms in total. The van der Waals surface area contributed by atoms with Crippen molar-refractivity contribution >= 4 is 41.0 Å². The van der Waals surface area contributed by atoms with E-state index in [1.54, 1.807) is 42.5 Å². The molecule has 0 atom stereocenters. The second-order valence-electron chi connectivity index (χ2n) is 6.57. The molecule has 4 rings (SSSR count). The van der Waals surface area contributed by atoms with Gasteiger partial charge < -0.3 is 14.6 Å². The minimum absolute atomic E-state index is 0.201. The third-order valence-corrected chi connectivity index (χ3v) is 4.88. The van der Waals surface area contributed by atoms with Gasteiger partial charge in [0.15, 0.2) is 11.5 Å². The van der Waals surface area contributed by atoms with Crippen LogP contribution < -0.4 is 9.47 Å². The van der Waals surface area contributed by atoms with Crippen molar-refractivity contribution in [2.24, 2.45) is 0 Å². The first kappa shape index (κ1) is 19.0. The molecule has 0 spiro atoms. The number of fused-ring (bicyclic) bond motifs is 2. The molecule has 0 saturated carbocycles. The lowest BCUT2D eigenvalue weighted by atomic mass is 9.92. The second kappa shape index (κ2) is 7.60. The highest BCUT2D eigenvalue weighted by molar-refractivity contribution is 6.35. The van der Waals surface area contributed by atoms with E-state index in [0.717, 1.165) is 11.3 Å². The summed E-state index contributed by atoms with van der Waals surface area (Å²) in [5.74, 6) is -1.67. The molecule has 0 aliphatic carbocycles. The Morgan fingerprint density at radius 1 is 1.10 bits per heavy atom. The van der Waals surface area contributed by atoms with Crippen molar-refractivity contribution in [1.29, 1.82) is 0 Å². The van der Waals surface area contributed by atoms with Crippen molar-refractivity contribution in [3.8, 4) is 11.5 Å². The molecule has 0 radical (unpaired) electrons. The zero-order valence-corrected chi connectivity index (χ0v) is 15.9. The van der Waals surface area contributed by atoms with Crippen LogP contribution in [0.3, 0.4) is 0 Å². The van der Waals surface area contributed by atoms with Gasteiger partial charge in [0.05, 0.1) is 18.2 Å². The quantitative estimate of drug-likeness (QED) is 0.614. The van der Waals surface area contributed by atoms with Gasteiger partial charge in [-0.3, -0.25) is 19.3 Å². The highest BCUT2D eigenvalue weighted by Crippen LogP contribution is 2.39. The van der Waals surface area contributed by atoms with Crippen LogP contribution in [0.15, 0.2) is 36.4 Å². The van der Waals surface area contributed by atoms with Crippen molar-refractivity contribution in [3.05, 3.63) is 58.1 Å². The number of halogens is 1. The predicted molar refractivity (Wildman–Crippen MR) is 105 cm³/mol. The molecule has 8 heteroatoms. The van der Waals surface area contributed by atoms with Crippen LogP contribution in [0.4, 0.5) is 0 Å². The molecule has 2 amide bonds. The molecule has 0 unspecified atom stereocenters. The zero-order valence-electron chi connectivity index (χ0n) is 15.2. The number of carbonyl (C=O) groups is 3. The van der Waals surface area contributed by atoms with E-state index in [-0.39, 0.29) is 11.1 Å². The van der Waals surface area contributed by atoms with E-state index in [9.17, 15) is 14.4 Å². The van der Waals surface area contributed by atoms with Crippen LogP contribution in [0.2, 0.25) is 5.02 Å². The fourth-order valence-electron chi connectivity index (χ4n) is 3.32. The van der Waals surface area contributed by atoms with Gasteiger partial charge in [-0.05, 0) is 35.4 Å². The Kier molecular flexibility index (Phi) is 4.98. The number of hydrogen-bond donors (Lipinski definition) is 1. The first-order valence-electron chi connectivity index (χ1n) is 8.94. The molecule has 2 aliphatic rings. The molecule has 1 N–H and O–H groups in total. The van der Waals surface area contributed by atoms with Crippen LogP contribution >= 0.6 is 11.6 Å². The first-order chi connectivity index (χ1) is 14.0. The fourth-order valence-corrected chi connectivity index (χ4v) is 3.60. The number of benzene rings is 2. The lowest BCUT2D eigenvalue weighted by Gasteiger charge is -2.27. The Hall–Kier alpha value is -3.32. The van der Waals surface area contributed by atoms with Gasteiger partial charge in [-0.25, -0.2) is 0 Å². The summed E-state index contributed by atoms with van der Waals surface area (Å²) in [6.45, 7) is 0.253. The Morgan fingerprint density at radius 2 is 1.83 bits per heavy atom. The zero-order chi connectivity index (χ0) is 20.5. The number of ether oxygens (including phenoxy) is 2. The third-order valence-electron chi connectivity index (χ3n) is 4.60. The minimum atomic E-state index is -1.27. The Bertz CT molecular complexity index is 1060. The van der Waals surface area contributed by atoms with E-state index in [0.29, 0.717) is 40.9 Å². The van der Waals surface area contributed by atoms with E-state index in [2.05, 4.69) is 0 Å². The van der Waals surface area contributed by atoms with Gasteiger partial charge in [0, 0.05) is 17.6 Å². The lowest BCUT2D eigenvalue weighted by molar-refractivity contribution is -0.141. The van der Waals surface area contributed by atoms with E-state index in [1.165, 1.54) is 0 Å². The standard InChI is InChI=1S/C21H16ClNO6/c22-16-9-12(10-17-19(16)29-7-3-6-28-17)8-15-13-4-1-2-5-14(13)20(26)23(21(15)27)11-18(24)25/h1-2,4-5,8-10H,3,6-7,11H2,(H,24,25)/b15-8-. The molecule has 2 aromatic carbocycles. The number of carboxylic acid groups (broad SMARTS) is 1. The molecular formula is C21H16ClNO6. The maximum Gasteiger partial charge on any atom is 0.323 e. The normalized spacial score (nSPS) is 17.1. The summed E-state index contributed by atoms with van der Waals surface area (Å²) in [4.78, 5) is 37.4. The number of imide groups is 1. The van der Waals surface area contributed by atoms with Gasteiger partial charge in [0.2, 0.25) is 0 Å². The summed E-state index contributed by atoms with van der Waals surface area (Å²) in [5, 5.41) is 9.45. The number of amides is 2. The van der Waals surface area contributed by atoms with Gasteiger partial charge >= 0.3 is 5.97 Å². The van der Waals surface area contributed by atoms with Crippen molar-refractivity contribution in [1.82, 2.24) is 4.90 Å². The van der Waals surface area contributed by atoms with Crippen molar-refractivity contribution in [3.63, 3.8) is 0 Å². The molecule has 2 heterocycles. The number of carbonyl (C=O) groups excluding carboxylic acids is 2. The maximum atomic E-state index is 13.0. The number of hydrogen-bond acceptors (Lipinski definition) is 5. The highest BCUT2D eigenvalue weighted by Gasteiger charge is 2.35. The summed E-state index contributed by atoms with van der Waals surface area (Å²) in [6, 6.07) is 9.92. The van der Waals surface area contributed by atoms with Gasteiger partial charge in [0.1, 0.15) is 6.54 Å². The largest absolute Gasteiger partial charge is 0.489 e. The Morgan fingerprint density at radius 3 is 2.59 bits per heavy atom. The van der Waals surface area contributed by atoms with Crippen LogP contribution in [0, 0.1) is 0 Å². The van der Waals surface area contributed by atoms with Crippen molar-refractivity contribution in [2.45, 2.75) is 6.42 Å². The van der Waals surface area contributed by atoms with E-state index in [4.69, 9.17) is 26.2 Å². The van der Waals surface area contributed by atoms with Crippen LogP contribution in [-0.4, -0.2) is 47.5 Å². The summed E-state index contributed by atoms with van der Waals surface area (Å²) in [6.07, 6.45) is 2.29. The minimum Gasteiger partial charge on any atom is -0.489 e. The number of nitrogens with zero attached hydrogens (tertiary/aromatic N) is 1. The molecule has 0 saturated heterocycles. The predicted octanol–water partition coefficient (Wildman–Crippen LogP) is 3.11. The van der Waals surface area contributed by atoms with Crippen LogP contribution in [-0.2, 0) is 9.59 Å². The molecule has 2 aliphatic heterocycles. The Balaban J connectivity index is 1.83. The Labute approximate surface area is 171 Å². The maximum absolute atomic E-state index is 13.0.